The van der Waals surface area contributed by atoms with Gasteiger partial charge in [-0.2, -0.15) is 39.5 Å². The third-order valence-corrected chi connectivity index (χ3v) is 10.2. The summed E-state index contributed by atoms with van der Waals surface area (Å²) < 4.78 is 134. The van der Waals surface area contributed by atoms with Crippen LogP contribution in [0.1, 0.15) is 33.4 Å². The van der Waals surface area contributed by atoms with Crippen LogP contribution in [0.4, 0.5) is 39.5 Å². The Labute approximate surface area is 323 Å². The number of rotatable bonds is 6. The van der Waals surface area contributed by atoms with Crippen LogP contribution in [-0.2, 0) is 18.5 Å². The summed E-state index contributed by atoms with van der Waals surface area (Å²) in [6.07, 6.45) is -15.3. The van der Waals surface area contributed by atoms with E-state index in [9.17, 15) is 26.3 Å². The second kappa shape index (κ2) is 14.8. The molecule has 288 valence electrons. The van der Waals surface area contributed by atoms with E-state index in [2.05, 4.69) is 0 Å². The molecule has 0 nitrogen and oxygen atoms in total. The van der Waals surface area contributed by atoms with E-state index in [1.54, 1.807) is 43.3 Å². The summed E-state index contributed by atoms with van der Waals surface area (Å²) in [4.78, 5) is 0. The number of aryl methyl sites for hydroxylation is 3. The lowest BCUT2D eigenvalue weighted by Gasteiger charge is -2.25. The monoisotopic (exact) mass is 780 g/mol. The third kappa shape index (κ3) is 7.71. The van der Waals surface area contributed by atoms with Gasteiger partial charge in [-0.15, -0.1) is 0 Å². The number of hydrogen-bond donors (Lipinski definition) is 0. The lowest BCUT2D eigenvalue weighted by molar-refractivity contribution is -0.142. The van der Waals surface area contributed by atoms with E-state index in [1.807, 2.05) is 56.3 Å². The molecule has 0 N–H and O–H groups in total. The summed E-state index contributed by atoms with van der Waals surface area (Å²) in [5.41, 5.74) is -0.423. The molecule has 0 aliphatic carbocycles. The Bertz CT molecular complexity index is 2600. The highest BCUT2D eigenvalue weighted by atomic mass is 19.4. The molecule has 7 aromatic carbocycles. The molecule has 0 saturated carbocycles. The van der Waals surface area contributed by atoms with Crippen molar-refractivity contribution in [2.45, 2.75) is 39.3 Å². The van der Waals surface area contributed by atoms with E-state index in [1.165, 1.54) is 48.5 Å². The number of halogens is 9. The molecule has 0 heterocycles. The molecule has 0 spiro atoms. The molecule has 0 fully saturated rings. The number of alkyl halides is 9. The summed E-state index contributed by atoms with van der Waals surface area (Å²) in [5.74, 6) is 0. The van der Waals surface area contributed by atoms with Gasteiger partial charge in [0.15, 0.2) is 0 Å². The standard InChI is InChI=1S/C48H33F9/c1-28-14-10-11-19-33(28)38-25-40(36-23-35(29(2)22-30(36)3)31-15-6-4-7-16-31)39(34-20-12-13-21-43(34)46(49,50)51)26-41(38)42-24-37(32-17-8-5-9-18-32)44(47(52,53)54)27-45(42)48(55,56)57/h4-27H,1-3H3. The van der Waals surface area contributed by atoms with Crippen LogP contribution in [0.25, 0.3) is 66.8 Å². The van der Waals surface area contributed by atoms with Gasteiger partial charge in [0.1, 0.15) is 0 Å². The molecule has 57 heavy (non-hydrogen) atoms. The predicted octanol–water partition coefficient (Wildman–Crippen LogP) is 15.7. The molecule has 0 aliphatic heterocycles. The summed E-state index contributed by atoms with van der Waals surface area (Å²) in [6, 6.07) is 35.8. The zero-order chi connectivity index (χ0) is 40.9. The van der Waals surface area contributed by atoms with E-state index < -0.39 is 46.3 Å². The van der Waals surface area contributed by atoms with Crippen molar-refractivity contribution in [2.75, 3.05) is 0 Å². The van der Waals surface area contributed by atoms with Crippen molar-refractivity contribution in [3.63, 3.8) is 0 Å². The van der Waals surface area contributed by atoms with Crippen molar-refractivity contribution in [2.24, 2.45) is 0 Å². The third-order valence-electron chi connectivity index (χ3n) is 10.2. The minimum Gasteiger partial charge on any atom is -0.166 e. The minimum absolute atomic E-state index is 0.0141. The van der Waals surface area contributed by atoms with Gasteiger partial charge in [0.25, 0.3) is 0 Å². The van der Waals surface area contributed by atoms with Gasteiger partial charge in [-0.25, -0.2) is 0 Å². The molecule has 0 atom stereocenters. The van der Waals surface area contributed by atoms with Crippen LogP contribution in [-0.4, -0.2) is 0 Å². The van der Waals surface area contributed by atoms with Crippen LogP contribution in [0.15, 0.2) is 146 Å². The Kier molecular flexibility index (Phi) is 10.1. The smallest absolute Gasteiger partial charge is 0.166 e. The molecule has 0 bridgehead atoms. The van der Waals surface area contributed by atoms with Crippen molar-refractivity contribution in [3.8, 4) is 66.8 Å². The summed E-state index contributed by atoms with van der Waals surface area (Å²) in [6.45, 7) is 5.46. The van der Waals surface area contributed by atoms with Gasteiger partial charge in [0.05, 0.1) is 16.7 Å². The van der Waals surface area contributed by atoms with E-state index in [-0.39, 0.29) is 33.9 Å². The topological polar surface area (TPSA) is 0 Å². The Morgan fingerprint density at radius 1 is 0.263 bits per heavy atom. The second-order valence-corrected chi connectivity index (χ2v) is 14.0. The fourth-order valence-corrected chi connectivity index (χ4v) is 7.55. The highest BCUT2D eigenvalue weighted by Gasteiger charge is 2.41. The van der Waals surface area contributed by atoms with Gasteiger partial charge < -0.3 is 0 Å². The fraction of sp³-hybridized carbons (Fsp3) is 0.125. The second-order valence-electron chi connectivity index (χ2n) is 14.0. The molecular formula is C48H33F9. The Balaban J connectivity index is 1.69. The van der Waals surface area contributed by atoms with Gasteiger partial charge in [0.2, 0.25) is 0 Å². The molecule has 9 heteroatoms. The zero-order valence-corrected chi connectivity index (χ0v) is 30.8. The molecule has 0 amide bonds. The Morgan fingerprint density at radius 3 is 1.21 bits per heavy atom. The average Bonchev–Trinajstić information content (AvgIpc) is 3.17. The van der Waals surface area contributed by atoms with Gasteiger partial charge >= 0.3 is 18.5 Å². The molecule has 7 rings (SSSR count). The first-order valence-corrected chi connectivity index (χ1v) is 17.9. The van der Waals surface area contributed by atoms with Crippen LogP contribution < -0.4 is 0 Å². The van der Waals surface area contributed by atoms with Gasteiger partial charge in [-0.1, -0.05) is 109 Å². The van der Waals surface area contributed by atoms with E-state index in [0.717, 1.165) is 28.8 Å². The van der Waals surface area contributed by atoms with Crippen LogP contribution in [0.3, 0.4) is 0 Å². The van der Waals surface area contributed by atoms with Crippen LogP contribution >= 0.6 is 0 Å². The van der Waals surface area contributed by atoms with Crippen molar-refractivity contribution in [1.82, 2.24) is 0 Å². The first kappa shape index (κ1) is 39.2. The SMILES string of the molecule is Cc1cc(C)c(-c2cc(-c3ccccc3C)c(-c3cc(-c4ccccc4)c(C(F)(F)F)cc3C(F)(F)F)cc2-c2ccccc2C(F)(F)F)cc1-c1ccccc1. The van der Waals surface area contributed by atoms with Crippen molar-refractivity contribution in [3.05, 3.63) is 179 Å². The van der Waals surface area contributed by atoms with E-state index in [0.29, 0.717) is 27.8 Å². The maximum absolute atomic E-state index is 15.2. The minimum atomic E-state index is -5.30. The lowest BCUT2D eigenvalue weighted by atomic mass is 9.80. The predicted molar refractivity (Wildman–Crippen MR) is 208 cm³/mol. The maximum Gasteiger partial charge on any atom is 0.417 e. The Hall–Kier alpha value is -6.09. The quantitative estimate of drug-likeness (QED) is 0.147. The van der Waals surface area contributed by atoms with E-state index in [4.69, 9.17) is 0 Å². The summed E-state index contributed by atoms with van der Waals surface area (Å²) in [7, 11) is 0. The normalized spacial score (nSPS) is 12.2. The molecule has 0 aliphatic rings. The molecule has 0 unspecified atom stereocenters. The van der Waals surface area contributed by atoms with Crippen LogP contribution in [0, 0.1) is 20.8 Å². The highest BCUT2D eigenvalue weighted by Crippen LogP contribution is 2.51. The van der Waals surface area contributed by atoms with Gasteiger partial charge in [0, 0.05) is 0 Å². The fourth-order valence-electron chi connectivity index (χ4n) is 7.55. The van der Waals surface area contributed by atoms with Crippen LogP contribution in [0.2, 0.25) is 0 Å². The van der Waals surface area contributed by atoms with E-state index >= 15 is 13.2 Å². The van der Waals surface area contributed by atoms with Crippen LogP contribution in [0.5, 0.6) is 0 Å². The number of hydrogen-bond acceptors (Lipinski definition) is 0. The average molecular weight is 781 g/mol. The summed E-state index contributed by atoms with van der Waals surface area (Å²) >= 11 is 0. The number of benzene rings is 7. The molecular weight excluding hydrogens is 748 g/mol. The van der Waals surface area contributed by atoms with Crippen molar-refractivity contribution in [1.29, 1.82) is 0 Å². The largest absolute Gasteiger partial charge is 0.417 e. The Morgan fingerprint density at radius 2 is 0.649 bits per heavy atom. The molecule has 7 aromatic rings. The molecule has 0 saturated heterocycles. The lowest BCUT2D eigenvalue weighted by Crippen LogP contribution is -2.14. The van der Waals surface area contributed by atoms with Gasteiger partial charge in [-0.3, -0.25) is 0 Å². The maximum atomic E-state index is 15.2. The highest BCUT2D eigenvalue weighted by molar-refractivity contribution is 5.99. The summed E-state index contributed by atoms with van der Waals surface area (Å²) in [5, 5.41) is 0. The van der Waals surface area contributed by atoms with Crippen molar-refractivity contribution < 1.29 is 39.5 Å². The zero-order valence-electron chi connectivity index (χ0n) is 30.8. The van der Waals surface area contributed by atoms with Crippen molar-refractivity contribution >= 4 is 0 Å². The molecule has 0 aromatic heterocycles. The molecule has 0 radical (unpaired) electrons. The first-order chi connectivity index (χ1) is 26.9. The van der Waals surface area contributed by atoms with Gasteiger partial charge in [-0.05, 0) is 141 Å². The first-order valence-electron chi connectivity index (χ1n) is 17.9.